The van der Waals surface area contributed by atoms with Gasteiger partial charge >= 0.3 is 0 Å². The van der Waals surface area contributed by atoms with E-state index in [0.29, 0.717) is 5.88 Å². The minimum absolute atomic E-state index is 0.584. The molecule has 0 atom stereocenters. The number of nitrogens with zero attached hydrogens (tertiary/aromatic N) is 3. The first-order valence-electron chi connectivity index (χ1n) is 4.61. The van der Waals surface area contributed by atoms with E-state index in [1.165, 1.54) is 0 Å². The molecule has 0 fully saturated rings. The lowest BCUT2D eigenvalue weighted by Gasteiger charge is -1.94. The largest absolute Gasteiger partial charge is 0.261 e. The predicted molar refractivity (Wildman–Crippen MR) is 62.3 cm³/mol. The third kappa shape index (κ3) is 2.52. The second-order valence-electron chi connectivity index (χ2n) is 3.13. The fraction of sp³-hybridized carbons (Fsp3) is 0.300. The Labute approximate surface area is 97.2 Å². The van der Waals surface area contributed by atoms with Crippen LogP contribution in [0.25, 0.3) is 10.6 Å². The zero-order chi connectivity index (χ0) is 10.7. The molecular weight excluding hydrogens is 230 g/mol. The minimum atomic E-state index is 0.584. The van der Waals surface area contributed by atoms with Crippen molar-refractivity contribution in [3.63, 3.8) is 0 Å². The van der Waals surface area contributed by atoms with Crippen LogP contribution in [0.2, 0.25) is 0 Å². The van der Waals surface area contributed by atoms with Crippen molar-refractivity contribution in [1.82, 2.24) is 15.2 Å². The van der Waals surface area contributed by atoms with Crippen LogP contribution in [0.3, 0.4) is 0 Å². The van der Waals surface area contributed by atoms with E-state index in [9.17, 15) is 0 Å². The quantitative estimate of drug-likeness (QED) is 0.773. The Hall–Kier alpha value is -1.00. The molecule has 2 aromatic rings. The predicted octanol–water partition coefficient (Wildman–Crippen LogP) is 2.69. The van der Waals surface area contributed by atoms with E-state index < -0.39 is 0 Å². The van der Waals surface area contributed by atoms with Crippen LogP contribution in [-0.4, -0.2) is 21.1 Å². The summed E-state index contributed by atoms with van der Waals surface area (Å²) >= 11 is 7.21. The Bertz CT molecular complexity index is 438. The smallest absolute Gasteiger partial charge is 0.149 e. The van der Waals surface area contributed by atoms with E-state index in [1.807, 2.05) is 25.3 Å². The van der Waals surface area contributed by atoms with Crippen molar-refractivity contribution in [2.24, 2.45) is 0 Å². The second kappa shape index (κ2) is 4.68. The first-order valence-corrected chi connectivity index (χ1v) is 5.96. The van der Waals surface area contributed by atoms with Crippen molar-refractivity contribution in [2.45, 2.75) is 13.3 Å². The fourth-order valence-corrected chi connectivity index (χ4v) is 2.27. The summed E-state index contributed by atoms with van der Waals surface area (Å²) in [6.07, 6.45) is 2.60. The summed E-state index contributed by atoms with van der Waals surface area (Å²) in [7, 11) is 0. The van der Waals surface area contributed by atoms with Gasteiger partial charge in [-0.2, -0.15) is 0 Å². The van der Waals surface area contributed by atoms with Crippen LogP contribution >= 0.6 is 22.9 Å². The van der Waals surface area contributed by atoms with Crippen LogP contribution in [0.4, 0.5) is 0 Å². The van der Waals surface area contributed by atoms with Gasteiger partial charge in [-0.25, -0.2) is 0 Å². The lowest BCUT2D eigenvalue weighted by atomic mass is 10.3. The maximum absolute atomic E-state index is 5.64. The SMILES string of the molecule is Cc1ccc(-c2nnc(CCCl)s2)cn1. The van der Waals surface area contributed by atoms with Crippen molar-refractivity contribution in [2.75, 3.05) is 5.88 Å². The summed E-state index contributed by atoms with van der Waals surface area (Å²) in [5, 5.41) is 10.0. The summed E-state index contributed by atoms with van der Waals surface area (Å²) in [5.41, 5.74) is 2.02. The molecule has 0 aliphatic carbocycles. The molecule has 5 heteroatoms. The molecule has 0 aliphatic rings. The van der Waals surface area contributed by atoms with E-state index in [-0.39, 0.29) is 0 Å². The van der Waals surface area contributed by atoms with Gasteiger partial charge < -0.3 is 0 Å². The Morgan fingerprint density at radius 2 is 2.20 bits per heavy atom. The number of hydrogen-bond donors (Lipinski definition) is 0. The van der Waals surface area contributed by atoms with Crippen molar-refractivity contribution >= 4 is 22.9 Å². The summed E-state index contributed by atoms with van der Waals surface area (Å²) in [6.45, 7) is 1.96. The molecule has 2 rings (SSSR count). The molecule has 0 bridgehead atoms. The van der Waals surface area contributed by atoms with Gasteiger partial charge in [-0.1, -0.05) is 11.3 Å². The Morgan fingerprint density at radius 1 is 1.33 bits per heavy atom. The topological polar surface area (TPSA) is 38.7 Å². The van der Waals surface area contributed by atoms with Crippen molar-refractivity contribution in [3.05, 3.63) is 29.0 Å². The number of hydrogen-bond acceptors (Lipinski definition) is 4. The van der Waals surface area contributed by atoms with Gasteiger partial charge in [-0.15, -0.1) is 21.8 Å². The van der Waals surface area contributed by atoms with Crippen LogP contribution < -0.4 is 0 Å². The van der Waals surface area contributed by atoms with Gasteiger partial charge in [0, 0.05) is 29.8 Å². The van der Waals surface area contributed by atoms with Crippen LogP contribution in [0, 0.1) is 6.92 Å². The Balaban J connectivity index is 2.25. The molecule has 2 aromatic heterocycles. The van der Waals surface area contributed by atoms with Crippen molar-refractivity contribution in [3.8, 4) is 10.6 Å². The van der Waals surface area contributed by atoms with E-state index in [2.05, 4.69) is 15.2 Å². The monoisotopic (exact) mass is 239 g/mol. The highest BCUT2D eigenvalue weighted by Gasteiger charge is 2.05. The average Bonchev–Trinajstić information content (AvgIpc) is 2.68. The van der Waals surface area contributed by atoms with E-state index in [0.717, 1.165) is 27.7 Å². The van der Waals surface area contributed by atoms with Crippen LogP contribution in [0.15, 0.2) is 18.3 Å². The molecule has 0 spiro atoms. The molecule has 0 aromatic carbocycles. The Kier molecular flexibility index (Phi) is 3.28. The maximum Gasteiger partial charge on any atom is 0.149 e. The standard InChI is InChI=1S/C10H10ClN3S/c1-7-2-3-8(6-12-7)10-14-13-9(15-10)4-5-11/h2-3,6H,4-5H2,1H3. The summed E-state index contributed by atoms with van der Waals surface area (Å²) in [4.78, 5) is 4.22. The van der Waals surface area contributed by atoms with Crippen LogP contribution in [0.1, 0.15) is 10.7 Å². The molecule has 0 saturated carbocycles. The van der Waals surface area contributed by atoms with E-state index >= 15 is 0 Å². The Morgan fingerprint density at radius 3 is 2.87 bits per heavy atom. The summed E-state index contributed by atoms with van der Waals surface area (Å²) in [5.74, 6) is 0.584. The van der Waals surface area contributed by atoms with Gasteiger partial charge in [0.15, 0.2) is 0 Å². The lowest BCUT2D eigenvalue weighted by Crippen LogP contribution is -1.83. The van der Waals surface area contributed by atoms with Gasteiger partial charge in [-0.05, 0) is 19.1 Å². The molecule has 15 heavy (non-hydrogen) atoms. The minimum Gasteiger partial charge on any atom is -0.261 e. The average molecular weight is 240 g/mol. The van der Waals surface area contributed by atoms with E-state index in [1.54, 1.807) is 11.3 Å². The molecule has 78 valence electrons. The van der Waals surface area contributed by atoms with Gasteiger partial charge in [0.1, 0.15) is 10.0 Å². The first-order chi connectivity index (χ1) is 7.29. The highest BCUT2D eigenvalue weighted by atomic mass is 35.5. The van der Waals surface area contributed by atoms with Crippen LogP contribution in [-0.2, 0) is 6.42 Å². The lowest BCUT2D eigenvalue weighted by molar-refractivity contribution is 0.989. The summed E-state index contributed by atoms with van der Waals surface area (Å²) < 4.78 is 0. The van der Waals surface area contributed by atoms with Gasteiger partial charge in [0.25, 0.3) is 0 Å². The molecule has 0 N–H and O–H groups in total. The maximum atomic E-state index is 5.64. The van der Waals surface area contributed by atoms with Crippen LogP contribution in [0.5, 0.6) is 0 Å². The molecule has 3 nitrogen and oxygen atoms in total. The highest BCUT2D eigenvalue weighted by Crippen LogP contribution is 2.23. The van der Waals surface area contributed by atoms with Gasteiger partial charge in [-0.3, -0.25) is 4.98 Å². The third-order valence-corrected chi connectivity index (χ3v) is 3.15. The number of aromatic nitrogens is 3. The third-order valence-electron chi connectivity index (χ3n) is 1.93. The number of aryl methyl sites for hydroxylation is 2. The molecule has 0 amide bonds. The molecular formula is C10H10ClN3S. The summed E-state index contributed by atoms with van der Waals surface area (Å²) in [6, 6.07) is 3.98. The fourth-order valence-electron chi connectivity index (χ4n) is 1.15. The number of halogens is 1. The zero-order valence-corrected chi connectivity index (χ0v) is 9.85. The molecule has 0 radical (unpaired) electrons. The molecule has 0 aliphatic heterocycles. The number of alkyl halides is 1. The van der Waals surface area contributed by atoms with Crippen molar-refractivity contribution < 1.29 is 0 Å². The normalized spacial score (nSPS) is 10.5. The first kappa shape index (κ1) is 10.5. The van der Waals surface area contributed by atoms with Gasteiger partial charge in [0.2, 0.25) is 0 Å². The van der Waals surface area contributed by atoms with E-state index in [4.69, 9.17) is 11.6 Å². The number of pyridine rings is 1. The molecule has 2 heterocycles. The second-order valence-corrected chi connectivity index (χ2v) is 4.57. The zero-order valence-electron chi connectivity index (χ0n) is 8.27. The van der Waals surface area contributed by atoms with Crippen molar-refractivity contribution in [1.29, 1.82) is 0 Å². The van der Waals surface area contributed by atoms with Gasteiger partial charge in [0.05, 0.1) is 0 Å². The number of rotatable bonds is 3. The highest BCUT2D eigenvalue weighted by molar-refractivity contribution is 7.14. The molecule has 0 unspecified atom stereocenters. The molecule has 0 saturated heterocycles.